The van der Waals surface area contributed by atoms with E-state index in [9.17, 15) is 4.89 Å². The molecule has 4 heteroatoms. The summed E-state index contributed by atoms with van der Waals surface area (Å²) >= 11 is 0. The van der Waals surface area contributed by atoms with Crippen molar-refractivity contribution >= 4 is 14.7 Å². The average molecular weight is 156 g/mol. The van der Waals surface area contributed by atoms with Crippen molar-refractivity contribution in [3.05, 3.63) is 30.3 Å². The minimum atomic E-state index is -0.778. The zero-order chi connectivity index (χ0) is 7.23. The summed E-state index contributed by atoms with van der Waals surface area (Å²) in [5.41, 5.74) is 3.29. The smallest absolute Gasteiger partial charge is 0.0607 e. The highest BCUT2D eigenvalue weighted by Crippen LogP contribution is 2.07. The zero-order valence-electron chi connectivity index (χ0n) is 5.20. The molecule has 1 aromatic rings. The predicted molar refractivity (Wildman–Crippen MR) is 39.5 cm³/mol. The molecular formula is C6H7NO2P-. The molecule has 1 unspecified atom stereocenters. The predicted octanol–water partition coefficient (Wildman–Crippen LogP) is 0.899. The quantitative estimate of drug-likeness (QED) is 0.522. The van der Waals surface area contributed by atoms with Gasteiger partial charge in [-0.1, -0.05) is 18.2 Å². The third-order valence-corrected chi connectivity index (χ3v) is 1.17. The van der Waals surface area contributed by atoms with E-state index in [4.69, 9.17) is 0 Å². The van der Waals surface area contributed by atoms with Crippen LogP contribution in [0.25, 0.3) is 0 Å². The van der Waals surface area contributed by atoms with Gasteiger partial charge in [0.1, 0.15) is 0 Å². The minimum Gasteiger partial charge on any atom is -0.809 e. The summed E-state index contributed by atoms with van der Waals surface area (Å²) in [6.07, 6.45) is 0. The standard InChI is InChI=1S/C6H7NO2P/c8-10-9-7-6-4-2-1-3-5-6/h1-5,7,10H/q-1. The number of benzene rings is 1. The molecule has 0 fully saturated rings. The molecule has 0 spiro atoms. The molecule has 10 heavy (non-hydrogen) atoms. The second-order valence-electron chi connectivity index (χ2n) is 1.65. The van der Waals surface area contributed by atoms with E-state index in [2.05, 4.69) is 10.1 Å². The summed E-state index contributed by atoms with van der Waals surface area (Å²) in [4.78, 5) is 9.85. The van der Waals surface area contributed by atoms with Gasteiger partial charge in [0.25, 0.3) is 0 Å². The Kier molecular flexibility index (Phi) is 3.16. The fourth-order valence-corrected chi connectivity index (χ4v) is 0.745. The van der Waals surface area contributed by atoms with Gasteiger partial charge in [-0.2, -0.15) is 0 Å². The van der Waals surface area contributed by atoms with Crippen molar-refractivity contribution in [2.45, 2.75) is 0 Å². The van der Waals surface area contributed by atoms with Gasteiger partial charge in [0, 0.05) is 0 Å². The summed E-state index contributed by atoms with van der Waals surface area (Å²) in [5, 5.41) is 0. The van der Waals surface area contributed by atoms with Crippen molar-refractivity contribution in [1.29, 1.82) is 0 Å². The van der Waals surface area contributed by atoms with E-state index in [1.807, 2.05) is 30.3 Å². The van der Waals surface area contributed by atoms with E-state index in [-0.39, 0.29) is 0 Å². The second-order valence-corrected chi connectivity index (χ2v) is 2.02. The molecule has 0 aromatic heterocycles. The normalized spacial score (nSPS) is 10.5. The maximum absolute atomic E-state index is 9.85. The van der Waals surface area contributed by atoms with Crippen LogP contribution in [0.5, 0.6) is 0 Å². The molecule has 54 valence electrons. The van der Waals surface area contributed by atoms with Crippen LogP contribution < -0.4 is 10.4 Å². The molecule has 0 radical (unpaired) electrons. The maximum Gasteiger partial charge on any atom is 0.0607 e. The second kappa shape index (κ2) is 4.23. The van der Waals surface area contributed by atoms with Crippen LogP contribution >= 0.6 is 9.03 Å². The molecule has 0 aliphatic carbocycles. The first kappa shape index (κ1) is 7.48. The molecule has 3 nitrogen and oxygen atoms in total. The molecule has 1 aromatic carbocycles. The van der Waals surface area contributed by atoms with Crippen LogP contribution in [0.4, 0.5) is 5.69 Å². The van der Waals surface area contributed by atoms with E-state index < -0.39 is 9.03 Å². The monoisotopic (exact) mass is 156 g/mol. The molecule has 0 aliphatic rings. The Labute approximate surface area is 60.9 Å². The van der Waals surface area contributed by atoms with Crippen LogP contribution in [0.3, 0.4) is 0 Å². The first-order valence-electron chi connectivity index (χ1n) is 2.77. The van der Waals surface area contributed by atoms with Gasteiger partial charge in [-0.05, 0) is 21.2 Å². The Balaban J connectivity index is 2.43. The molecule has 0 aliphatic heterocycles. The Morgan fingerprint density at radius 1 is 1.30 bits per heavy atom. The van der Waals surface area contributed by atoms with Crippen LogP contribution in [0.2, 0.25) is 0 Å². The van der Waals surface area contributed by atoms with Crippen molar-refractivity contribution in [2.75, 3.05) is 5.48 Å². The number of anilines is 1. The van der Waals surface area contributed by atoms with Crippen LogP contribution in [-0.2, 0) is 4.62 Å². The average Bonchev–Trinajstić information content (AvgIpc) is 2.03. The van der Waals surface area contributed by atoms with Gasteiger partial charge in [0.05, 0.1) is 5.69 Å². The lowest BCUT2D eigenvalue weighted by Gasteiger charge is -2.07. The van der Waals surface area contributed by atoms with Crippen molar-refractivity contribution in [1.82, 2.24) is 0 Å². The first-order valence-corrected chi connectivity index (χ1v) is 3.59. The summed E-state index contributed by atoms with van der Waals surface area (Å²) in [7, 11) is -0.778. The molecule has 1 rings (SSSR count). The van der Waals surface area contributed by atoms with Gasteiger partial charge < -0.3 is 4.89 Å². The zero-order valence-corrected chi connectivity index (χ0v) is 6.20. The fraction of sp³-hybridized carbons (Fsp3) is 0. The van der Waals surface area contributed by atoms with Crippen LogP contribution in [0.1, 0.15) is 0 Å². The molecule has 0 amide bonds. The van der Waals surface area contributed by atoms with Gasteiger partial charge in [0.15, 0.2) is 0 Å². The van der Waals surface area contributed by atoms with E-state index >= 15 is 0 Å². The molecule has 1 N–H and O–H groups in total. The summed E-state index contributed by atoms with van der Waals surface area (Å²) in [6.45, 7) is 0. The number of hydrogen-bond acceptors (Lipinski definition) is 3. The maximum atomic E-state index is 9.85. The molecule has 0 saturated heterocycles. The Morgan fingerprint density at radius 2 is 2.00 bits per heavy atom. The van der Waals surface area contributed by atoms with Crippen LogP contribution in [0.15, 0.2) is 30.3 Å². The molecule has 0 bridgehead atoms. The highest BCUT2D eigenvalue weighted by atomic mass is 31.1. The summed E-state index contributed by atoms with van der Waals surface area (Å²) < 4.78 is 4.44. The van der Waals surface area contributed by atoms with Gasteiger partial charge in [-0.3, -0.25) is 10.1 Å². The Hall–Kier alpha value is -0.630. The SMILES string of the molecule is [O-]PONc1ccccc1. The Morgan fingerprint density at radius 3 is 2.60 bits per heavy atom. The van der Waals surface area contributed by atoms with Gasteiger partial charge in [-0.15, -0.1) is 0 Å². The number of nitrogens with one attached hydrogen (secondary N) is 1. The van der Waals surface area contributed by atoms with E-state index in [1.54, 1.807) is 0 Å². The van der Waals surface area contributed by atoms with Crippen molar-refractivity contribution < 1.29 is 9.52 Å². The molecule has 1 atom stereocenters. The lowest BCUT2D eigenvalue weighted by molar-refractivity contribution is -0.167. The largest absolute Gasteiger partial charge is 0.809 e. The number of hydrogen-bond donors (Lipinski definition) is 1. The van der Waals surface area contributed by atoms with Gasteiger partial charge in [0.2, 0.25) is 0 Å². The van der Waals surface area contributed by atoms with Crippen molar-refractivity contribution in [3.8, 4) is 0 Å². The van der Waals surface area contributed by atoms with E-state index in [1.165, 1.54) is 0 Å². The minimum absolute atomic E-state index is 0.778. The topological polar surface area (TPSA) is 44.3 Å². The first-order chi connectivity index (χ1) is 4.93. The molecule has 0 heterocycles. The van der Waals surface area contributed by atoms with Gasteiger partial charge in [-0.25, -0.2) is 0 Å². The summed E-state index contributed by atoms with van der Waals surface area (Å²) in [5.74, 6) is 0. The van der Waals surface area contributed by atoms with Gasteiger partial charge >= 0.3 is 0 Å². The summed E-state index contributed by atoms with van der Waals surface area (Å²) in [6, 6.07) is 9.25. The third kappa shape index (κ3) is 2.31. The van der Waals surface area contributed by atoms with Crippen molar-refractivity contribution in [2.24, 2.45) is 0 Å². The van der Waals surface area contributed by atoms with E-state index in [0.29, 0.717) is 0 Å². The van der Waals surface area contributed by atoms with Crippen molar-refractivity contribution in [3.63, 3.8) is 0 Å². The number of rotatable bonds is 3. The molecular weight excluding hydrogens is 149 g/mol. The van der Waals surface area contributed by atoms with Crippen LogP contribution in [0, 0.1) is 0 Å². The highest BCUT2D eigenvalue weighted by molar-refractivity contribution is 7.23. The lowest BCUT2D eigenvalue weighted by atomic mass is 10.3. The lowest BCUT2D eigenvalue weighted by Crippen LogP contribution is -1.95. The van der Waals surface area contributed by atoms with E-state index in [0.717, 1.165) is 5.69 Å². The van der Waals surface area contributed by atoms with Crippen LogP contribution in [-0.4, -0.2) is 0 Å². The third-order valence-electron chi connectivity index (χ3n) is 0.984. The fourth-order valence-electron chi connectivity index (χ4n) is 0.586. The Bertz CT molecular complexity index is 180. The molecule has 0 saturated carbocycles. The number of para-hydroxylation sites is 1. The highest BCUT2D eigenvalue weighted by Gasteiger charge is 1.83.